The first-order valence-electron chi connectivity index (χ1n) is 6.67. The fourth-order valence-electron chi connectivity index (χ4n) is 1.62. The maximum Gasteiger partial charge on any atom is 0.241 e. The molecular formula is C15H21N3O2. The van der Waals surface area contributed by atoms with Crippen LogP contribution in [0.2, 0.25) is 0 Å². The number of benzene rings is 1. The second-order valence-corrected chi connectivity index (χ2v) is 4.53. The summed E-state index contributed by atoms with van der Waals surface area (Å²) < 4.78 is 5.27. The Morgan fingerprint density at radius 1 is 1.45 bits per heavy atom. The molecule has 20 heavy (non-hydrogen) atoms. The Bertz CT molecular complexity index is 465. The van der Waals surface area contributed by atoms with Gasteiger partial charge in [-0.15, -0.1) is 0 Å². The van der Waals surface area contributed by atoms with Crippen LogP contribution in [0.1, 0.15) is 19.4 Å². The molecule has 0 aliphatic heterocycles. The summed E-state index contributed by atoms with van der Waals surface area (Å²) in [6, 6.07) is 8.61. The van der Waals surface area contributed by atoms with Crippen LogP contribution in [0.3, 0.4) is 0 Å². The Kier molecular flexibility index (Phi) is 6.71. The van der Waals surface area contributed by atoms with Gasteiger partial charge in [0.2, 0.25) is 5.91 Å². The molecule has 1 atom stereocenters. The summed E-state index contributed by atoms with van der Waals surface area (Å²) in [5, 5.41) is 11.6. The molecule has 0 aliphatic carbocycles. The lowest BCUT2D eigenvalue weighted by Gasteiger charge is -2.23. The number of carbonyl (C=O) groups is 1. The molecule has 0 bridgehead atoms. The van der Waals surface area contributed by atoms with Crippen LogP contribution in [-0.4, -0.2) is 43.7 Å². The number of hydrogen-bond donors (Lipinski definition) is 1. The number of likely N-dealkylation sites (N-methyl/N-ethyl adjacent to an activating group) is 1. The first-order chi connectivity index (χ1) is 9.58. The molecule has 5 heteroatoms. The molecule has 0 saturated heterocycles. The SMILES string of the molecule is CCOCCN(C)C(C)C(=O)Nc1ccc(C#N)cc1. The summed E-state index contributed by atoms with van der Waals surface area (Å²) in [5.74, 6) is -0.0753. The van der Waals surface area contributed by atoms with Crippen molar-refractivity contribution in [1.82, 2.24) is 4.90 Å². The molecule has 0 radical (unpaired) electrons. The van der Waals surface area contributed by atoms with Crippen LogP contribution < -0.4 is 5.32 Å². The van der Waals surface area contributed by atoms with E-state index in [1.807, 2.05) is 31.9 Å². The Morgan fingerprint density at radius 3 is 2.65 bits per heavy atom. The lowest BCUT2D eigenvalue weighted by Crippen LogP contribution is -2.41. The maximum atomic E-state index is 12.1. The van der Waals surface area contributed by atoms with Crippen molar-refractivity contribution < 1.29 is 9.53 Å². The minimum atomic E-state index is -0.244. The van der Waals surface area contributed by atoms with E-state index in [1.54, 1.807) is 24.3 Å². The number of anilines is 1. The van der Waals surface area contributed by atoms with Crippen molar-refractivity contribution in [3.63, 3.8) is 0 Å². The van der Waals surface area contributed by atoms with E-state index in [2.05, 4.69) is 5.32 Å². The van der Waals surface area contributed by atoms with E-state index in [-0.39, 0.29) is 11.9 Å². The van der Waals surface area contributed by atoms with Gasteiger partial charge in [-0.1, -0.05) is 0 Å². The normalized spacial score (nSPS) is 11.9. The molecule has 5 nitrogen and oxygen atoms in total. The first kappa shape index (κ1) is 16.2. The van der Waals surface area contributed by atoms with Crippen molar-refractivity contribution >= 4 is 11.6 Å². The van der Waals surface area contributed by atoms with Crippen molar-refractivity contribution in [3.8, 4) is 6.07 Å². The molecule has 0 heterocycles. The maximum absolute atomic E-state index is 12.1. The minimum absolute atomic E-state index is 0.0753. The number of ether oxygens (including phenoxy) is 1. The van der Waals surface area contributed by atoms with Crippen LogP contribution in [0.5, 0.6) is 0 Å². The van der Waals surface area contributed by atoms with Gasteiger partial charge >= 0.3 is 0 Å². The Labute approximate surface area is 120 Å². The zero-order valence-electron chi connectivity index (χ0n) is 12.2. The lowest BCUT2D eigenvalue weighted by atomic mass is 10.2. The number of rotatable bonds is 7. The van der Waals surface area contributed by atoms with Gasteiger partial charge in [-0.05, 0) is 45.2 Å². The molecule has 0 spiro atoms. The Morgan fingerprint density at radius 2 is 2.10 bits per heavy atom. The Balaban J connectivity index is 2.50. The van der Waals surface area contributed by atoms with E-state index in [0.29, 0.717) is 31.0 Å². The van der Waals surface area contributed by atoms with Crippen molar-refractivity contribution in [2.24, 2.45) is 0 Å². The largest absolute Gasteiger partial charge is 0.380 e. The highest BCUT2D eigenvalue weighted by Gasteiger charge is 2.17. The molecular weight excluding hydrogens is 254 g/mol. The van der Waals surface area contributed by atoms with Gasteiger partial charge in [0.1, 0.15) is 0 Å². The standard InChI is InChI=1S/C15H21N3O2/c1-4-20-10-9-18(3)12(2)15(19)17-14-7-5-13(11-16)6-8-14/h5-8,12H,4,9-10H2,1-3H3,(H,17,19). The van der Waals surface area contributed by atoms with Gasteiger partial charge in [0, 0.05) is 18.8 Å². The van der Waals surface area contributed by atoms with E-state index < -0.39 is 0 Å². The third-order valence-electron chi connectivity index (χ3n) is 3.11. The second-order valence-electron chi connectivity index (χ2n) is 4.53. The van der Waals surface area contributed by atoms with Gasteiger partial charge in [-0.3, -0.25) is 9.69 Å². The fraction of sp³-hybridized carbons (Fsp3) is 0.467. The summed E-state index contributed by atoms with van der Waals surface area (Å²) in [5.41, 5.74) is 1.27. The first-order valence-corrected chi connectivity index (χ1v) is 6.67. The van der Waals surface area contributed by atoms with E-state index in [1.165, 1.54) is 0 Å². The molecule has 0 aliphatic rings. The molecule has 1 rings (SSSR count). The van der Waals surface area contributed by atoms with Gasteiger partial charge in [0.15, 0.2) is 0 Å². The molecule has 1 N–H and O–H groups in total. The number of nitrogens with one attached hydrogen (secondary N) is 1. The molecule has 0 aromatic heterocycles. The van der Waals surface area contributed by atoms with Crippen LogP contribution in [0.15, 0.2) is 24.3 Å². The smallest absolute Gasteiger partial charge is 0.241 e. The van der Waals surface area contributed by atoms with Crippen LogP contribution in [0.4, 0.5) is 5.69 Å². The molecule has 0 fully saturated rings. The number of nitriles is 1. The van der Waals surface area contributed by atoms with Crippen LogP contribution >= 0.6 is 0 Å². The third kappa shape index (κ3) is 5.00. The molecule has 0 saturated carbocycles. The molecule has 1 amide bonds. The quantitative estimate of drug-likeness (QED) is 0.771. The van der Waals surface area contributed by atoms with E-state index in [0.717, 1.165) is 0 Å². The highest BCUT2D eigenvalue weighted by atomic mass is 16.5. The summed E-state index contributed by atoms with van der Waals surface area (Å²) in [4.78, 5) is 14.0. The second kappa shape index (κ2) is 8.31. The van der Waals surface area contributed by atoms with Gasteiger partial charge in [0.25, 0.3) is 0 Å². The third-order valence-corrected chi connectivity index (χ3v) is 3.11. The van der Waals surface area contributed by atoms with Gasteiger partial charge < -0.3 is 10.1 Å². The highest BCUT2D eigenvalue weighted by molar-refractivity contribution is 5.94. The van der Waals surface area contributed by atoms with Gasteiger partial charge in [0.05, 0.1) is 24.3 Å². The highest BCUT2D eigenvalue weighted by Crippen LogP contribution is 2.10. The fourth-order valence-corrected chi connectivity index (χ4v) is 1.62. The van der Waals surface area contributed by atoms with E-state index in [4.69, 9.17) is 10.00 Å². The molecule has 1 unspecified atom stereocenters. The predicted octanol–water partition coefficient (Wildman–Crippen LogP) is 1.85. The zero-order valence-corrected chi connectivity index (χ0v) is 12.2. The predicted molar refractivity (Wildman–Crippen MR) is 78.4 cm³/mol. The number of amides is 1. The molecule has 108 valence electrons. The van der Waals surface area contributed by atoms with Crippen LogP contribution in [0.25, 0.3) is 0 Å². The van der Waals surface area contributed by atoms with E-state index >= 15 is 0 Å². The van der Waals surface area contributed by atoms with Crippen molar-refractivity contribution in [2.45, 2.75) is 19.9 Å². The summed E-state index contributed by atoms with van der Waals surface area (Å²) in [6.07, 6.45) is 0. The van der Waals surface area contributed by atoms with Gasteiger partial charge in [-0.2, -0.15) is 5.26 Å². The molecule has 1 aromatic carbocycles. The Hall–Kier alpha value is -1.90. The summed E-state index contributed by atoms with van der Waals surface area (Å²) >= 11 is 0. The van der Waals surface area contributed by atoms with E-state index in [9.17, 15) is 4.79 Å². The topological polar surface area (TPSA) is 65.4 Å². The number of carbonyl (C=O) groups excluding carboxylic acids is 1. The van der Waals surface area contributed by atoms with Gasteiger partial charge in [-0.25, -0.2) is 0 Å². The zero-order chi connectivity index (χ0) is 15.0. The number of hydrogen-bond acceptors (Lipinski definition) is 4. The lowest BCUT2D eigenvalue weighted by molar-refractivity contribution is -0.120. The van der Waals surface area contributed by atoms with Crippen LogP contribution in [-0.2, 0) is 9.53 Å². The summed E-state index contributed by atoms with van der Waals surface area (Å²) in [6.45, 7) is 5.79. The average molecular weight is 275 g/mol. The number of nitrogens with zero attached hydrogens (tertiary/aromatic N) is 2. The van der Waals surface area contributed by atoms with Crippen molar-refractivity contribution in [3.05, 3.63) is 29.8 Å². The van der Waals surface area contributed by atoms with Crippen molar-refractivity contribution in [1.29, 1.82) is 5.26 Å². The summed E-state index contributed by atoms with van der Waals surface area (Å²) in [7, 11) is 1.89. The average Bonchev–Trinajstić information content (AvgIpc) is 2.47. The minimum Gasteiger partial charge on any atom is -0.380 e. The monoisotopic (exact) mass is 275 g/mol. The van der Waals surface area contributed by atoms with Crippen LogP contribution in [0, 0.1) is 11.3 Å². The molecule has 1 aromatic rings. The van der Waals surface area contributed by atoms with Crippen molar-refractivity contribution in [2.75, 3.05) is 32.1 Å².